The van der Waals surface area contributed by atoms with Crippen LogP contribution in [-0.4, -0.2) is 25.8 Å². The smallest absolute Gasteiger partial charge is 0.341 e. The van der Waals surface area contributed by atoms with Crippen molar-refractivity contribution >= 4 is 28.6 Å². The molecule has 1 N–H and O–H groups in total. The van der Waals surface area contributed by atoms with Gasteiger partial charge in [0.15, 0.2) is 11.4 Å². The summed E-state index contributed by atoms with van der Waals surface area (Å²) >= 11 is 6.05. The number of carbonyl (C=O) groups is 1. The zero-order valence-corrected chi connectivity index (χ0v) is 11.7. The van der Waals surface area contributed by atoms with E-state index in [4.69, 9.17) is 16.3 Å². The van der Waals surface area contributed by atoms with Gasteiger partial charge in [-0.05, 0) is 12.1 Å². The minimum atomic E-state index is -1.13. The van der Waals surface area contributed by atoms with Crippen LogP contribution in [0.5, 0.6) is 11.5 Å². The lowest BCUT2D eigenvalue weighted by Gasteiger charge is -2.10. The predicted molar refractivity (Wildman–Crippen MR) is 77.0 cm³/mol. The van der Waals surface area contributed by atoms with Crippen molar-refractivity contribution in [2.45, 2.75) is 0 Å². The second-order valence-electron chi connectivity index (χ2n) is 4.34. The first-order valence-corrected chi connectivity index (χ1v) is 6.42. The van der Waals surface area contributed by atoms with Crippen molar-refractivity contribution < 1.29 is 14.6 Å². The summed E-state index contributed by atoms with van der Waals surface area (Å²) in [6.45, 7) is 0. The van der Waals surface area contributed by atoms with Crippen LogP contribution in [0.15, 0.2) is 36.7 Å². The van der Waals surface area contributed by atoms with Gasteiger partial charge in [0, 0.05) is 13.2 Å². The second kappa shape index (κ2) is 5.06. The Kier molecular flexibility index (Phi) is 3.23. The molecule has 0 aliphatic heterocycles. The van der Waals surface area contributed by atoms with Gasteiger partial charge in [0.1, 0.15) is 11.3 Å². The number of ether oxygens (including phenoxy) is 1. The molecule has 21 heavy (non-hydrogen) atoms. The van der Waals surface area contributed by atoms with Crippen molar-refractivity contribution in [2.24, 2.45) is 7.05 Å². The Morgan fingerprint density at radius 1 is 1.33 bits per heavy atom. The lowest BCUT2D eigenvalue weighted by Crippen LogP contribution is -2.02. The van der Waals surface area contributed by atoms with E-state index in [2.05, 4.69) is 10.1 Å². The van der Waals surface area contributed by atoms with E-state index in [0.717, 1.165) is 0 Å². The lowest BCUT2D eigenvalue weighted by atomic mass is 10.2. The van der Waals surface area contributed by atoms with E-state index in [1.54, 1.807) is 36.0 Å². The van der Waals surface area contributed by atoms with Gasteiger partial charge in [-0.1, -0.05) is 23.7 Å². The van der Waals surface area contributed by atoms with Gasteiger partial charge < -0.3 is 9.84 Å². The molecule has 3 aromatic rings. The zero-order valence-electron chi connectivity index (χ0n) is 10.9. The average Bonchev–Trinajstić information content (AvgIpc) is 2.83. The van der Waals surface area contributed by atoms with Crippen molar-refractivity contribution in [1.82, 2.24) is 14.8 Å². The third-order valence-electron chi connectivity index (χ3n) is 2.99. The molecule has 0 bridgehead atoms. The first-order valence-electron chi connectivity index (χ1n) is 6.04. The molecule has 0 saturated heterocycles. The van der Waals surface area contributed by atoms with Crippen molar-refractivity contribution in [1.29, 1.82) is 0 Å². The van der Waals surface area contributed by atoms with Crippen LogP contribution in [0, 0.1) is 0 Å². The third-order valence-corrected chi connectivity index (χ3v) is 3.30. The second-order valence-corrected chi connectivity index (χ2v) is 4.75. The Hall–Kier alpha value is -2.60. The Bertz CT molecular complexity index is 845. The Morgan fingerprint density at radius 2 is 2.10 bits per heavy atom. The molecule has 0 amide bonds. The maximum atomic E-state index is 11.4. The summed E-state index contributed by atoms with van der Waals surface area (Å²) in [5, 5.41) is 14.3. The number of para-hydroxylation sites is 1. The van der Waals surface area contributed by atoms with E-state index in [1.165, 1.54) is 12.4 Å². The summed E-state index contributed by atoms with van der Waals surface area (Å²) in [6, 6.07) is 6.85. The van der Waals surface area contributed by atoms with Gasteiger partial charge in [-0.15, -0.1) is 0 Å². The molecule has 3 rings (SSSR count). The Balaban J connectivity index is 2.21. The number of hydrogen-bond donors (Lipinski definition) is 1. The highest BCUT2D eigenvalue weighted by molar-refractivity contribution is 6.32. The summed E-state index contributed by atoms with van der Waals surface area (Å²) in [4.78, 5) is 15.5. The van der Waals surface area contributed by atoms with E-state index in [-0.39, 0.29) is 11.3 Å². The van der Waals surface area contributed by atoms with Crippen molar-refractivity contribution in [3.8, 4) is 11.5 Å². The van der Waals surface area contributed by atoms with E-state index in [0.29, 0.717) is 21.8 Å². The normalized spacial score (nSPS) is 10.8. The van der Waals surface area contributed by atoms with Crippen molar-refractivity contribution in [3.63, 3.8) is 0 Å². The fourth-order valence-electron chi connectivity index (χ4n) is 1.97. The third kappa shape index (κ3) is 2.30. The van der Waals surface area contributed by atoms with Gasteiger partial charge in [-0.3, -0.25) is 4.68 Å². The molecular formula is C14H10ClN3O3. The number of aromatic nitrogens is 3. The maximum absolute atomic E-state index is 11.4. The molecule has 0 aliphatic rings. The van der Waals surface area contributed by atoms with Crippen LogP contribution in [0.2, 0.25) is 5.02 Å². The molecule has 1 aromatic carbocycles. The summed E-state index contributed by atoms with van der Waals surface area (Å²) in [6.07, 6.45) is 2.76. The summed E-state index contributed by atoms with van der Waals surface area (Å²) in [7, 11) is 1.72. The van der Waals surface area contributed by atoms with Crippen LogP contribution in [0.25, 0.3) is 11.0 Å². The number of benzene rings is 1. The fourth-order valence-corrected chi connectivity index (χ4v) is 2.15. The van der Waals surface area contributed by atoms with Gasteiger partial charge in [0.25, 0.3) is 0 Å². The van der Waals surface area contributed by atoms with Crippen molar-refractivity contribution in [3.05, 3.63) is 47.2 Å². The zero-order chi connectivity index (χ0) is 15.0. The molecule has 0 spiro atoms. The van der Waals surface area contributed by atoms with Gasteiger partial charge >= 0.3 is 5.97 Å². The highest BCUT2D eigenvalue weighted by Crippen LogP contribution is 2.35. The number of halogens is 1. The molecule has 2 heterocycles. The number of pyridine rings is 1. The molecular weight excluding hydrogens is 294 g/mol. The molecule has 0 radical (unpaired) electrons. The first kappa shape index (κ1) is 13.4. The molecule has 2 aromatic heterocycles. The quantitative estimate of drug-likeness (QED) is 0.804. The predicted octanol–water partition coefficient (Wildman–Crippen LogP) is 3.11. The topological polar surface area (TPSA) is 77.2 Å². The van der Waals surface area contributed by atoms with Crippen LogP contribution >= 0.6 is 11.6 Å². The summed E-state index contributed by atoms with van der Waals surface area (Å²) in [5.74, 6) is -0.581. The summed E-state index contributed by atoms with van der Waals surface area (Å²) < 4.78 is 7.26. The molecule has 0 atom stereocenters. The van der Waals surface area contributed by atoms with E-state index < -0.39 is 5.97 Å². The van der Waals surface area contributed by atoms with Crippen LogP contribution in [0.3, 0.4) is 0 Å². The molecule has 7 heteroatoms. The standard InChI is InChI=1S/C14H10ClN3O3/c1-18-13-8(7-17-18)12(9(6-16-13)14(19)20)21-11-5-3-2-4-10(11)15/h2-7H,1H3,(H,19,20). The van der Waals surface area contributed by atoms with Gasteiger partial charge in [0.2, 0.25) is 0 Å². The molecule has 0 aliphatic carbocycles. The summed E-state index contributed by atoms with van der Waals surface area (Å²) in [5.41, 5.74) is 0.484. The number of hydrogen-bond acceptors (Lipinski definition) is 4. The number of rotatable bonds is 3. The largest absolute Gasteiger partial charge is 0.477 e. The minimum Gasteiger partial charge on any atom is -0.477 e. The van der Waals surface area contributed by atoms with Crippen LogP contribution in [0.4, 0.5) is 0 Å². The minimum absolute atomic E-state index is 0.0459. The SMILES string of the molecule is Cn1ncc2c(Oc3ccccc3Cl)c(C(=O)O)cnc21. The maximum Gasteiger partial charge on any atom is 0.341 e. The molecule has 6 nitrogen and oxygen atoms in total. The monoisotopic (exact) mass is 303 g/mol. The number of carboxylic acids is 1. The first-order chi connectivity index (χ1) is 10.1. The number of fused-ring (bicyclic) bond motifs is 1. The van der Waals surface area contributed by atoms with Gasteiger partial charge in [-0.25, -0.2) is 9.78 Å². The highest BCUT2D eigenvalue weighted by atomic mass is 35.5. The fraction of sp³-hybridized carbons (Fsp3) is 0.0714. The number of carboxylic acid groups (broad SMARTS) is 1. The molecule has 0 saturated carbocycles. The van der Waals surface area contributed by atoms with E-state index >= 15 is 0 Å². The Labute approximate surface area is 124 Å². The molecule has 0 unspecified atom stereocenters. The highest BCUT2D eigenvalue weighted by Gasteiger charge is 2.19. The van der Waals surface area contributed by atoms with Crippen LogP contribution in [-0.2, 0) is 7.05 Å². The van der Waals surface area contributed by atoms with Gasteiger partial charge in [-0.2, -0.15) is 5.10 Å². The number of aryl methyl sites for hydroxylation is 1. The number of aromatic carboxylic acids is 1. The number of nitrogens with zero attached hydrogens (tertiary/aromatic N) is 3. The Morgan fingerprint density at radius 3 is 2.81 bits per heavy atom. The molecule has 106 valence electrons. The van der Waals surface area contributed by atoms with Crippen LogP contribution < -0.4 is 4.74 Å². The average molecular weight is 304 g/mol. The van der Waals surface area contributed by atoms with E-state index in [1.807, 2.05) is 0 Å². The lowest BCUT2D eigenvalue weighted by molar-refractivity contribution is 0.0694. The molecule has 0 fully saturated rings. The van der Waals surface area contributed by atoms with E-state index in [9.17, 15) is 9.90 Å². The van der Waals surface area contributed by atoms with Crippen LogP contribution in [0.1, 0.15) is 10.4 Å². The van der Waals surface area contributed by atoms with Gasteiger partial charge in [0.05, 0.1) is 16.6 Å². The van der Waals surface area contributed by atoms with Crippen molar-refractivity contribution in [2.75, 3.05) is 0 Å².